The maximum Gasteiger partial charge on any atom is 0.140 e. The van der Waals surface area contributed by atoms with Gasteiger partial charge in [0.1, 0.15) is 23.0 Å². The summed E-state index contributed by atoms with van der Waals surface area (Å²) in [6.07, 6.45) is 1.84. The van der Waals surface area contributed by atoms with Crippen LogP contribution in [-0.2, 0) is 5.41 Å². The molecule has 4 heterocycles. The van der Waals surface area contributed by atoms with Crippen molar-refractivity contribution in [3.63, 3.8) is 0 Å². The van der Waals surface area contributed by atoms with Gasteiger partial charge in [0.25, 0.3) is 0 Å². The van der Waals surface area contributed by atoms with Crippen LogP contribution < -0.4 is 9.47 Å². The lowest BCUT2D eigenvalue weighted by Gasteiger charge is -2.45. The molecule has 1 spiro atoms. The molecule has 0 saturated heterocycles. The summed E-state index contributed by atoms with van der Waals surface area (Å²) in [5.41, 5.74) is 11.1. The van der Waals surface area contributed by atoms with Crippen molar-refractivity contribution in [2.24, 2.45) is 0 Å². The molecule has 0 saturated carbocycles. The summed E-state index contributed by atoms with van der Waals surface area (Å²) in [6, 6.07) is 62.0. The Morgan fingerprint density at radius 1 is 0.462 bits per heavy atom. The Balaban J connectivity index is 1.25. The molecule has 4 heteroatoms. The van der Waals surface area contributed by atoms with Gasteiger partial charge in [-0.15, -0.1) is 0 Å². The first-order valence-corrected chi connectivity index (χ1v) is 17.6. The normalized spacial score (nSPS) is 13.5. The second kappa shape index (κ2) is 11.0. The predicted molar refractivity (Wildman–Crippen MR) is 208 cm³/mol. The van der Waals surface area contributed by atoms with Crippen molar-refractivity contribution >= 4 is 21.8 Å². The van der Waals surface area contributed by atoms with E-state index in [1.165, 1.54) is 10.8 Å². The molecule has 2 aliphatic rings. The highest BCUT2D eigenvalue weighted by Crippen LogP contribution is 2.63. The van der Waals surface area contributed by atoms with Gasteiger partial charge in [-0.25, -0.2) is 0 Å². The standard InChI is InChI=1S/C48H30N2O2/c1-2-14-32(15-3-1)50-41-23-7-4-16-35(41)46-33(17-13-24-42(46)50)34-18-12-21-39-47(34)52-45-30-31(40-22-10-11-29-49-40)27-28-38(45)48(39)36-19-5-8-25-43(36)51-44-26-9-6-20-37(44)48/h1-30H. The molecule has 0 radical (unpaired) electrons. The number of rotatable bonds is 3. The smallest absolute Gasteiger partial charge is 0.140 e. The molecule has 0 atom stereocenters. The van der Waals surface area contributed by atoms with Gasteiger partial charge in [0.05, 0.1) is 22.1 Å². The van der Waals surface area contributed by atoms with Crippen LogP contribution in [0.5, 0.6) is 23.0 Å². The highest BCUT2D eigenvalue weighted by Gasteiger charge is 2.51. The van der Waals surface area contributed by atoms with Crippen molar-refractivity contribution in [1.29, 1.82) is 0 Å². The van der Waals surface area contributed by atoms with E-state index < -0.39 is 5.41 Å². The van der Waals surface area contributed by atoms with Crippen LogP contribution in [0.1, 0.15) is 22.3 Å². The summed E-state index contributed by atoms with van der Waals surface area (Å²) < 4.78 is 16.3. The largest absolute Gasteiger partial charge is 0.457 e. The van der Waals surface area contributed by atoms with E-state index in [0.717, 1.165) is 84.4 Å². The van der Waals surface area contributed by atoms with Gasteiger partial charge < -0.3 is 14.0 Å². The van der Waals surface area contributed by atoms with Crippen molar-refractivity contribution < 1.29 is 9.47 Å². The minimum absolute atomic E-state index is 0.709. The fraction of sp³-hybridized carbons (Fsp3) is 0.0208. The van der Waals surface area contributed by atoms with Crippen LogP contribution in [0, 0.1) is 0 Å². The zero-order valence-corrected chi connectivity index (χ0v) is 28.0. The average Bonchev–Trinajstić information content (AvgIpc) is 3.56. The number of aromatic nitrogens is 2. The van der Waals surface area contributed by atoms with Gasteiger partial charge in [0.15, 0.2) is 0 Å². The van der Waals surface area contributed by atoms with Crippen molar-refractivity contribution in [3.8, 4) is 51.1 Å². The van der Waals surface area contributed by atoms with Gasteiger partial charge in [-0.05, 0) is 60.2 Å². The highest BCUT2D eigenvalue weighted by molar-refractivity contribution is 6.16. The van der Waals surface area contributed by atoms with Gasteiger partial charge in [-0.2, -0.15) is 0 Å². The number of hydrogen-bond donors (Lipinski definition) is 0. The summed E-state index contributed by atoms with van der Waals surface area (Å²) in [6.45, 7) is 0. The van der Waals surface area contributed by atoms with E-state index in [1.807, 2.05) is 36.5 Å². The van der Waals surface area contributed by atoms with Crippen LogP contribution in [0.3, 0.4) is 0 Å². The van der Waals surface area contributed by atoms with Gasteiger partial charge in [-0.3, -0.25) is 4.98 Å². The van der Waals surface area contributed by atoms with E-state index >= 15 is 0 Å². The Bertz CT molecular complexity index is 2810. The van der Waals surface area contributed by atoms with Crippen molar-refractivity contribution in [2.45, 2.75) is 5.41 Å². The number of hydrogen-bond acceptors (Lipinski definition) is 3. The molecule has 2 aromatic heterocycles. The molecule has 9 aromatic rings. The van der Waals surface area contributed by atoms with Crippen LogP contribution in [0.2, 0.25) is 0 Å². The first kappa shape index (κ1) is 28.9. The lowest BCUT2D eigenvalue weighted by Crippen LogP contribution is -2.37. The van der Waals surface area contributed by atoms with Gasteiger partial charge in [0, 0.05) is 56.0 Å². The third-order valence-corrected chi connectivity index (χ3v) is 10.8. The van der Waals surface area contributed by atoms with Crippen LogP contribution in [0.4, 0.5) is 0 Å². The fourth-order valence-corrected chi connectivity index (χ4v) is 8.69. The Labute approximate surface area is 300 Å². The van der Waals surface area contributed by atoms with Crippen molar-refractivity contribution in [2.75, 3.05) is 0 Å². The molecule has 244 valence electrons. The van der Waals surface area contributed by atoms with Gasteiger partial charge in [0.2, 0.25) is 0 Å². The fourth-order valence-electron chi connectivity index (χ4n) is 8.69. The summed E-state index contributed by atoms with van der Waals surface area (Å²) in [5, 5.41) is 2.38. The molecule has 0 fully saturated rings. The average molecular weight is 667 g/mol. The first-order chi connectivity index (χ1) is 25.8. The van der Waals surface area contributed by atoms with Crippen molar-refractivity contribution in [3.05, 3.63) is 204 Å². The number of fused-ring (bicyclic) bond motifs is 11. The number of benzene rings is 7. The molecule has 52 heavy (non-hydrogen) atoms. The summed E-state index contributed by atoms with van der Waals surface area (Å²) in [4.78, 5) is 4.70. The van der Waals surface area contributed by atoms with E-state index in [9.17, 15) is 0 Å². The second-order valence-corrected chi connectivity index (χ2v) is 13.4. The maximum absolute atomic E-state index is 7.26. The second-order valence-electron chi connectivity index (χ2n) is 13.4. The van der Waals surface area contributed by atoms with Gasteiger partial charge >= 0.3 is 0 Å². The van der Waals surface area contributed by atoms with E-state index in [0.29, 0.717) is 0 Å². The molecule has 7 aromatic carbocycles. The van der Waals surface area contributed by atoms with Gasteiger partial charge in [-0.1, -0.05) is 121 Å². The third kappa shape index (κ3) is 3.95. The summed E-state index contributed by atoms with van der Waals surface area (Å²) in [7, 11) is 0. The first-order valence-electron chi connectivity index (χ1n) is 17.6. The SMILES string of the molecule is c1ccc(-n2c3ccccc3c3c(-c4cccc5c4Oc4cc(-c6ccccn6)ccc4C54c5ccccc5Oc5ccccc54)cccc32)cc1. The van der Waals surface area contributed by atoms with E-state index in [-0.39, 0.29) is 0 Å². The monoisotopic (exact) mass is 666 g/mol. The number of ether oxygens (including phenoxy) is 2. The van der Waals surface area contributed by atoms with E-state index in [1.54, 1.807) is 0 Å². The highest BCUT2D eigenvalue weighted by atomic mass is 16.5. The van der Waals surface area contributed by atoms with Crippen LogP contribution >= 0.6 is 0 Å². The van der Waals surface area contributed by atoms with Crippen LogP contribution in [-0.4, -0.2) is 9.55 Å². The molecule has 0 amide bonds. The van der Waals surface area contributed by atoms with E-state index in [2.05, 4.69) is 150 Å². The quantitative estimate of drug-likeness (QED) is 0.188. The maximum atomic E-state index is 7.26. The molecule has 0 bridgehead atoms. The minimum Gasteiger partial charge on any atom is -0.457 e. The summed E-state index contributed by atoms with van der Waals surface area (Å²) >= 11 is 0. The molecule has 4 nitrogen and oxygen atoms in total. The topological polar surface area (TPSA) is 36.3 Å². The van der Waals surface area contributed by atoms with E-state index in [4.69, 9.17) is 14.5 Å². The van der Waals surface area contributed by atoms with Crippen molar-refractivity contribution in [1.82, 2.24) is 9.55 Å². The Morgan fingerprint density at radius 3 is 1.92 bits per heavy atom. The Hall–Kier alpha value is -6.91. The minimum atomic E-state index is -0.709. The number of para-hydroxylation sites is 5. The predicted octanol–water partition coefficient (Wildman–Crippen LogP) is 12.1. The molecule has 11 rings (SSSR count). The molecule has 2 aliphatic heterocycles. The zero-order valence-electron chi connectivity index (χ0n) is 28.0. The lowest BCUT2D eigenvalue weighted by molar-refractivity contribution is 0.400. The zero-order chi connectivity index (χ0) is 34.2. The molecule has 0 unspecified atom stereocenters. The van der Waals surface area contributed by atoms with Crippen LogP contribution in [0.15, 0.2) is 182 Å². The molecule has 0 N–H and O–H groups in total. The van der Waals surface area contributed by atoms with Crippen LogP contribution in [0.25, 0.3) is 49.9 Å². The number of nitrogens with zero attached hydrogens (tertiary/aromatic N) is 2. The lowest BCUT2D eigenvalue weighted by atomic mass is 9.62. The Morgan fingerprint density at radius 2 is 1.12 bits per heavy atom. The number of pyridine rings is 1. The molecular weight excluding hydrogens is 637 g/mol. The third-order valence-electron chi connectivity index (χ3n) is 10.8. The summed E-state index contributed by atoms with van der Waals surface area (Å²) in [5.74, 6) is 3.32. The Kier molecular flexibility index (Phi) is 6.13. The molecule has 0 aliphatic carbocycles. The molecular formula is C48H30N2O2.